The number of benzene rings is 2. The van der Waals surface area contributed by atoms with E-state index in [9.17, 15) is 8.42 Å². The van der Waals surface area contributed by atoms with Gasteiger partial charge in [-0.2, -0.15) is 0 Å². The third kappa shape index (κ3) is 2.92. The van der Waals surface area contributed by atoms with Crippen molar-refractivity contribution in [3.8, 4) is 0 Å². The fourth-order valence-electron chi connectivity index (χ4n) is 2.73. The van der Waals surface area contributed by atoms with Crippen molar-refractivity contribution < 1.29 is 8.42 Å². The van der Waals surface area contributed by atoms with Crippen molar-refractivity contribution >= 4 is 27.1 Å². The summed E-state index contributed by atoms with van der Waals surface area (Å²) in [7, 11) is -3.36. The number of nitrogens with two attached hydrogens (primary N) is 1. The van der Waals surface area contributed by atoms with E-state index in [0.29, 0.717) is 21.2 Å². The standard InChI is InChI=1S/C16H16ClNO2S/c17-15-7-4-11(8-16(15)18)10-21(19,20)14-6-5-12-2-1-3-13(12)9-14/h4-9H,1-3,10,18H2. The maximum absolute atomic E-state index is 12.5. The summed E-state index contributed by atoms with van der Waals surface area (Å²) in [5, 5.41) is 0.439. The summed E-state index contributed by atoms with van der Waals surface area (Å²) >= 11 is 5.86. The molecule has 0 amide bonds. The topological polar surface area (TPSA) is 60.2 Å². The molecule has 0 spiro atoms. The molecule has 5 heteroatoms. The molecule has 0 bridgehead atoms. The van der Waals surface area contributed by atoms with Crippen molar-refractivity contribution in [2.75, 3.05) is 5.73 Å². The summed E-state index contributed by atoms with van der Waals surface area (Å²) in [4.78, 5) is 0.386. The summed E-state index contributed by atoms with van der Waals surface area (Å²) in [6.07, 6.45) is 3.11. The van der Waals surface area contributed by atoms with Gasteiger partial charge in [0.05, 0.1) is 21.4 Å². The maximum Gasteiger partial charge on any atom is 0.182 e. The summed E-state index contributed by atoms with van der Waals surface area (Å²) in [5.74, 6) is -0.0623. The molecular weight excluding hydrogens is 306 g/mol. The van der Waals surface area contributed by atoms with Crippen LogP contribution in [0, 0.1) is 0 Å². The van der Waals surface area contributed by atoms with E-state index in [4.69, 9.17) is 17.3 Å². The summed E-state index contributed by atoms with van der Waals surface area (Å²) in [6.45, 7) is 0. The lowest BCUT2D eigenvalue weighted by Crippen LogP contribution is -2.06. The Morgan fingerprint density at radius 1 is 1.05 bits per heavy atom. The highest BCUT2D eigenvalue weighted by molar-refractivity contribution is 7.90. The summed E-state index contributed by atoms with van der Waals surface area (Å²) < 4.78 is 25.0. The largest absolute Gasteiger partial charge is 0.398 e. The number of rotatable bonds is 3. The van der Waals surface area contributed by atoms with Gasteiger partial charge in [-0.1, -0.05) is 23.7 Å². The fraction of sp³-hybridized carbons (Fsp3) is 0.250. The summed E-state index contributed by atoms with van der Waals surface area (Å²) in [5.41, 5.74) is 9.20. The number of hydrogen-bond acceptors (Lipinski definition) is 3. The lowest BCUT2D eigenvalue weighted by atomic mass is 10.1. The van der Waals surface area contributed by atoms with Crippen LogP contribution in [-0.4, -0.2) is 8.42 Å². The molecule has 1 aliphatic carbocycles. The second-order valence-electron chi connectivity index (χ2n) is 5.40. The van der Waals surface area contributed by atoms with Gasteiger partial charge in [-0.15, -0.1) is 0 Å². The van der Waals surface area contributed by atoms with Crippen LogP contribution in [0.15, 0.2) is 41.3 Å². The molecule has 0 heterocycles. The van der Waals surface area contributed by atoms with Gasteiger partial charge in [0.2, 0.25) is 0 Å². The molecule has 0 aromatic heterocycles. The molecule has 0 atom stereocenters. The second-order valence-corrected chi connectivity index (χ2v) is 7.80. The maximum atomic E-state index is 12.5. The van der Waals surface area contributed by atoms with Gasteiger partial charge in [0, 0.05) is 0 Å². The third-order valence-electron chi connectivity index (χ3n) is 3.85. The van der Waals surface area contributed by atoms with Crippen LogP contribution in [0.4, 0.5) is 5.69 Å². The lowest BCUT2D eigenvalue weighted by Gasteiger charge is -2.08. The molecule has 0 fully saturated rings. The first-order valence-electron chi connectivity index (χ1n) is 6.84. The van der Waals surface area contributed by atoms with Gasteiger partial charge >= 0.3 is 0 Å². The smallest absolute Gasteiger partial charge is 0.182 e. The second kappa shape index (κ2) is 5.35. The molecule has 0 unspecified atom stereocenters. The molecule has 0 radical (unpaired) electrons. The number of fused-ring (bicyclic) bond motifs is 1. The minimum absolute atomic E-state index is 0.0623. The van der Waals surface area contributed by atoms with Crippen molar-refractivity contribution in [3.63, 3.8) is 0 Å². The SMILES string of the molecule is Nc1cc(CS(=O)(=O)c2ccc3c(c2)CCC3)ccc1Cl. The number of hydrogen-bond donors (Lipinski definition) is 1. The van der Waals surface area contributed by atoms with Gasteiger partial charge in [-0.25, -0.2) is 8.42 Å². The van der Waals surface area contributed by atoms with Crippen LogP contribution in [0.3, 0.4) is 0 Å². The molecule has 0 saturated heterocycles. The van der Waals surface area contributed by atoms with Crippen molar-refractivity contribution in [1.29, 1.82) is 0 Å². The fourth-order valence-corrected chi connectivity index (χ4v) is 4.23. The number of halogens is 1. The summed E-state index contributed by atoms with van der Waals surface area (Å²) in [6, 6.07) is 10.4. The van der Waals surface area contributed by atoms with Crippen LogP contribution in [0.25, 0.3) is 0 Å². The van der Waals surface area contributed by atoms with Gasteiger partial charge in [0.15, 0.2) is 9.84 Å². The van der Waals surface area contributed by atoms with Gasteiger partial charge in [0.1, 0.15) is 0 Å². The van der Waals surface area contributed by atoms with E-state index in [0.717, 1.165) is 24.8 Å². The van der Waals surface area contributed by atoms with E-state index in [-0.39, 0.29) is 5.75 Å². The van der Waals surface area contributed by atoms with E-state index in [1.54, 1.807) is 24.3 Å². The van der Waals surface area contributed by atoms with Crippen molar-refractivity contribution in [1.82, 2.24) is 0 Å². The van der Waals surface area contributed by atoms with Gasteiger partial charge < -0.3 is 5.73 Å². The molecule has 0 saturated carbocycles. The highest BCUT2D eigenvalue weighted by atomic mass is 35.5. The third-order valence-corrected chi connectivity index (χ3v) is 5.88. The zero-order valence-electron chi connectivity index (χ0n) is 11.5. The Morgan fingerprint density at radius 3 is 2.57 bits per heavy atom. The molecule has 3 rings (SSSR count). The number of sulfone groups is 1. The number of anilines is 1. The van der Waals surface area contributed by atoms with Crippen molar-refractivity contribution in [3.05, 3.63) is 58.1 Å². The lowest BCUT2D eigenvalue weighted by molar-refractivity contribution is 0.595. The predicted molar refractivity (Wildman–Crippen MR) is 85.2 cm³/mol. The monoisotopic (exact) mass is 321 g/mol. The molecule has 1 aliphatic rings. The first-order valence-corrected chi connectivity index (χ1v) is 8.87. The molecule has 2 aromatic carbocycles. The minimum Gasteiger partial charge on any atom is -0.398 e. The van der Waals surface area contributed by atoms with Crippen LogP contribution in [0.5, 0.6) is 0 Å². The Kier molecular flexibility index (Phi) is 3.68. The molecule has 2 aromatic rings. The predicted octanol–water partition coefficient (Wildman–Crippen LogP) is 3.38. The van der Waals surface area contributed by atoms with E-state index in [1.165, 1.54) is 5.56 Å². The van der Waals surface area contributed by atoms with Crippen LogP contribution >= 0.6 is 11.6 Å². The van der Waals surface area contributed by atoms with Crippen molar-refractivity contribution in [2.24, 2.45) is 0 Å². The molecule has 21 heavy (non-hydrogen) atoms. The highest BCUT2D eigenvalue weighted by Crippen LogP contribution is 2.27. The van der Waals surface area contributed by atoms with Gasteiger partial charge in [-0.05, 0) is 60.2 Å². The first kappa shape index (κ1) is 14.4. The number of nitrogen functional groups attached to an aromatic ring is 1. The Hall–Kier alpha value is -1.52. The Morgan fingerprint density at radius 2 is 1.81 bits per heavy atom. The van der Waals surface area contributed by atoms with E-state index in [2.05, 4.69) is 0 Å². The average Bonchev–Trinajstić information content (AvgIpc) is 2.90. The quantitative estimate of drug-likeness (QED) is 0.881. The zero-order chi connectivity index (χ0) is 15.0. The van der Waals surface area contributed by atoms with E-state index in [1.807, 2.05) is 12.1 Å². The van der Waals surface area contributed by atoms with E-state index < -0.39 is 9.84 Å². The Labute approximate surface area is 129 Å². The normalized spacial score (nSPS) is 14.1. The van der Waals surface area contributed by atoms with Gasteiger partial charge in [0.25, 0.3) is 0 Å². The first-order chi connectivity index (χ1) is 9.95. The minimum atomic E-state index is -3.36. The molecule has 110 valence electrons. The van der Waals surface area contributed by atoms with Crippen LogP contribution in [0.2, 0.25) is 5.02 Å². The molecular formula is C16H16ClNO2S. The Bertz CT molecular complexity index is 800. The van der Waals surface area contributed by atoms with Crippen LogP contribution < -0.4 is 5.73 Å². The number of aryl methyl sites for hydroxylation is 2. The van der Waals surface area contributed by atoms with Crippen molar-refractivity contribution in [2.45, 2.75) is 29.9 Å². The average molecular weight is 322 g/mol. The Balaban J connectivity index is 1.91. The molecule has 2 N–H and O–H groups in total. The molecule has 0 aliphatic heterocycles. The molecule has 3 nitrogen and oxygen atoms in total. The van der Waals surface area contributed by atoms with E-state index >= 15 is 0 Å². The van der Waals surface area contributed by atoms with Gasteiger partial charge in [-0.3, -0.25) is 0 Å². The van der Waals surface area contributed by atoms with Crippen LogP contribution in [-0.2, 0) is 28.4 Å². The highest BCUT2D eigenvalue weighted by Gasteiger charge is 2.19. The zero-order valence-corrected chi connectivity index (χ0v) is 13.0. The van der Waals surface area contributed by atoms with Crippen LogP contribution in [0.1, 0.15) is 23.1 Å².